The first-order valence-corrected chi connectivity index (χ1v) is 10.9. The minimum absolute atomic E-state index is 0.181. The Labute approximate surface area is 194 Å². The number of esters is 1. The van der Waals surface area contributed by atoms with Crippen molar-refractivity contribution in [3.05, 3.63) is 82.5 Å². The fraction of sp³-hybridized carbons (Fsp3) is 0.370. The average molecular weight is 460 g/mol. The van der Waals surface area contributed by atoms with Crippen molar-refractivity contribution in [1.29, 1.82) is 0 Å². The molecule has 1 aromatic carbocycles. The molecule has 0 saturated carbocycles. The summed E-state index contributed by atoms with van der Waals surface area (Å²) in [5.74, 6) is -0.983. The summed E-state index contributed by atoms with van der Waals surface area (Å²) in [6.07, 6.45) is 9.90. The summed E-state index contributed by atoms with van der Waals surface area (Å²) < 4.78 is 43.8. The lowest BCUT2D eigenvalue weighted by Gasteiger charge is -2.32. The first kappa shape index (κ1) is 26.2. The van der Waals surface area contributed by atoms with E-state index in [1.807, 2.05) is 19.1 Å². The highest BCUT2D eigenvalue weighted by atomic mass is 19.4. The van der Waals surface area contributed by atoms with E-state index in [2.05, 4.69) is 32.9 Å². The summed E-state index contributed by atoms with van der Waals surface area (Å²) in [5, 5.41) is 0. The van der Waals surface area contributed by atoms with E-state index in [0.29, 0.717) is 5.57 Å². The normalized spacial score (nSPS) is 17.8. The monoisotopic (exact) mass is 459 g/mol. The molecule has 0 amide bonds. The molecule has 2 rings (SSSR count). The fourth-order valence-corrected chi connectivity index (χ4v) is 3.86. The molecule has 1 aliphatic rings. The molecule has 0 radical (unpaired) electrons. The Bertz CT molecular complexity index is 1040. The summed E-state index contributed by atoms with van der Waals surface area (Å²) in [5.41, 5.74) is 8.56. The van der Waals surface area contributed by atoms with Crippen LogP contribution in [0.5, 0.6) is 5.75 Å². The number of allylic oxidation sites excluding steroid dienone is 9. The van der Waals surface area contributed by atoms with Gasteiger partial charge in [-0.25, -0.2) is 4.79 Å². The summed E-state index contributed by atoms with van der Waals surface area (Å²) in [4.78, 5) is 12.1. The zero-order chi connectivity index (χ0) is 24.8. The smallest absolute Gasteiger partial charge is 0.418 e. The van der Waals surface area contributed by atoms with E-state index in [-0.39, 0.29) is 11.2 Å². The van der Waals surface area contributed by atoms with Crippen LogP contribution >= 0.6 is 0 Å². The third-order valence-electron chi connectivity index (χ3n) is 5.67. The molecule has 2 N–H and O–H groups in total. The van der Waals surface area contributed by atoms with E-state index in [4.69, 9.17) is 10.5 Å². The maximum absolute atomic E-state index is 12.9. The molecular formula is C27H32F3NO2. The number of rotatable bonds is 6. The van der Waals surface area contributed by atoms with Gasteiger partial charge in [0.2, 0.25) is 0 Å². The Balaban J connectivity index is 2.02. The second-order valence-corrected chi connectivity index (χ2v) is 9.09. The number of nitrogens with two attached hydrogens (primary N) is 1. The van der Waals surface area contributed by atoms with Crippen molar-refractivity contribution in [2.24, 2.45) is 5.41 Å². The molecule has 33 heavy (non-hydrogen) atoms. The molecule has 0 saturated heterocycles. The zero-order valence-electron chi connectivity index (χ0n) is 19.8. The number of hydrogen-bond donors (Lipinski definition) is 1. The van der Waals surface area contributed by atoms with Crippen molar-refractivity contribution in [2.75, 3.05) is 5.73 Å². The molecule has 0 bridgehead atoms. The van der Waals surface area contributed by atoms with Crippen LogP contribution in [-0.2, 0) is 11.0 Å². The van der Waals surface area contributed by atoms with Gasteiger partial charge in [-0.15, -0.1) is 0 Å². The number of benzene rings is 1. The molecule has 0 fully saturated rings. The highest BCUT2D eigenvalue weighted by molar-refractivity contribution is 5.85. The van der Waals surface area contributed by atoms with Crippen LogP contribution in [0.25, 0.3) is 0 Å². The van der Waals surface area contributed by atoms with E-state index in [9.17, 15) is 18.0 Å². The lowest BCUT2D eigenvalue weighted by molar-refractivity contribution is -0.137. The number of anilines is 1. The highest BCUT2D eigenvalue weighted by Crippen LogP contribution is 2.40. The summed E-state index contributed by atoms with van der Waals surface area (Å²) in [6, 6.07) is 3.01. The quantitative estimate of drug-likeness (QED) is 0.156. The first-order chi connectivity index (χ1) is 15.3. The molecule has 6 heteroatoms. The molecule has 0 aliphatic heterocycles. The number of alkyl halides is 3. The van der Waals surface area contributed by atoms with Crippen LogP contribution in [0, 0.1) is 5.41 Å². The fourth-order valence-electron chi connectivity index (χ4n) is 3.86. The van der Waals surface area contributed by atoms with Gasteiger partial charge in [0.25, 0.3) is 0 Å². The molecule has 0 atom stereocenters. The topological polar surface area (TPSA) is 52.3 Å². The second-order valence-electron chi connectivity index (χ2n) is 9.09. The number of hydrogen-bond acceptors (Lipinski definition) is 3. The van der Waals surface area contributed by atoms with E-state index in [1.54, 1.807) is 13.0 Å². The molecule has 178 valence electrons. The molecule has 0 unspecified atom stereocenters. The Hall–Kier alpha value is -3.02. The molecule has 0 spiro atoms. The largest absolute Gasteiger partial charge is 0.423 e. The molecule has 0 aromatic heterocycles. The minimum atomic E-state index is -4.62. The second kappa shape index (κ2) is 10.7. The lowest BCUT2D eigenvalue weighted by atomic mass is 9.72. The van der Waals surface area contributed by atoms with Gasteiger partial charge in [-0.3, -0.25) is 0 Å². The van der Waals surface area contributed by atoms with Crippen LogP contribution in [0.3, 0.4) is 0 Å². The third kappa shape index (κ3) is 7.81. The summed E-state index contributed by atoms with van der Waals surface area (Å²) in [6.45, 7) is 10.4. The van der Waals surface area contributed by atoms with Crippen molar-refractivity contribution in [2.45, 2.75) is 60.1 Å². The van der Waals surface area contributed by atoms with Gasteiger partial charge < -0.3 is 10.5 Å². The van der Waals surface area contributed by atoms with E-state index in [1.165, 1.54) is 36.1 Å². The van der Waals surface area contributed by atoms with Crippen molar-refractivity contribution in [3.63, 3.8) is 0 Å². The highest BCUT2D eigenvalue weighted by Gasteiger charge is 2.33. The Morgan fingerprint density at radius 2 is 1.85 bits per heavy atom. The van der Waals surface area contributed by atoms with Gasteiger partial charge in [-0.2, -0.15) is 13.2 Å². The number of nitrogen functional groups attached to an aromatic ring is 1. The van der Waals surface area contributed by atoms with Crippen LogP contribution in [0.4, 0.5) is 18.9 Å². The van der Waals surface area contributed by atoms with Gasteiger partial charge in [0.1, 0.15) is 5.75 Å². The Morgan fingerprint density at radius 3 is 2.48 bits per heavy atom. The molecular weight excluding hydrogens is 427 g/mol. The number of halogens is 3. The zero-order valence-corrected chi connectivity index (χ0v) is 19.8. The average Bonchev–Trinajstić information content (AvgIpc) is 2.67. The van der Waals surface area contributed by atoms with Gasteiger partial charge in [0.15, 0.2) is 0 Å². The Kier molecular flexibility index (Phi) is 8.53. The first-order valence-electron chi connectivity index (χ1n) is 10.9. The van der Waals surface area contributed by atoms with Crippen LogP contribution in [0.15, 0.2) is 76.9 Å². The van der Waals surface area contributed by atoms with Gasteiger partial charge in [0.05, 0.1) is 5.56 Å². The predicted octanol–water partition coefficient (Wildman–Crippen LogP) is 7.72. The maximum Gasteiger partial charge on any atom is 0.418 e. The van der Waals surface area contributed by atoms with E-state index >= 15 is 0 Å². The van der Waals surface area contributed by atoms with Gasteiger partial charge in [-0.05, 0) is 74.8 Å². The van der Waals surface area contributed by atoms with Crippen LogP contribution in [-0.4, -0.2) is 5.97 Å². The molecule has 1 aliphatic carbocycles. The summed E-state index contributed by atoms with van der Waals surface area (Å²) >= 11 is 0. The van der Waals surface area contributed by atoms with E-state index in [0.717, 1.165) is 24.1 Å². The van der Waals surface area contributed by atoms with Gasteiger partial charge in [0, 0.05) is 11.8 Å². The lowest BCUT2D eigenvalue weighted by Crippen LogP contribution is -2.19. The predicted molar refractivity (Wildman–Crippen MR) is 128 cm³/mol. The van der Waals surface area contributed by atoms with Crippen LogP contribution < -0.4 is 10.5 Å². The van der Waals surface area contributed by atoms with Crippen molar-refractivity contribution in [3.8, 4) is 5.75 Å². The molecule has 1 aromatic rings. The van der Waals surface area contributed by atoms with Gasteiger partial charge in [-0.1, -0.05) is 55.4 Å². The molecule has 0 heterocycles. The maximum atomic E-state index is 12.9. The Morgan fingerprint density at radius 1 is 1.15 bits per heavy atom. The van der Waals surface area contributed by atoms with Crippen LogP contribution in [0.1, 0.15) is 59.4 Å². The number of carbonyl (C=O) groups is 1. The standard InChI is InChI=1S/C27H32F3NO2/c1-18(11-13-22-20(3)10-7-15-26(22,4)5)8-6-9-19(2)16-25(32)33-21-12-14-24(31)23(17-21)27(28,29)30/h6,8-9,11-14,16-17H,7,10,15,31H2,1-5H3. The van der Waals surface area contributed by atoms with Crippen molar-refractivity contribution < 1.29 is 22.7 Å². The number of carbonyl (C=O) groups excluding carboxylic acids is 1. The summed E-state index contributed by atoms with van der Waals surface area (Å²) in [7, 11) is 0. The SMILES string of the molecule is CC(C=CC1=C(C)CCCC1(C)C)=CC=CC(C)=CC(=O)Oc1ccc(N)c(C(F)(F)F)c1. The van der Waals surface area contributed by atoms with Crippen molar-refractivity contribution in [1.82, 2.24) is 0 Å². The van der Waals surface area contributed by atoms with Crippen molar-refractivity contribution >= 4 is 11.7 Å². The molecule has 3 nitrogen and oxygen atoms in total. The van der Waals surface area contributed by atoms with Crippen LogP contribution in [0.2, 0.25) is 0 Å². The third-order valence-corrected chi connectivity index (χ3v) is 5.67. The minimum Gasteiger partial charge on any atom is -0.423 e. The van der Waals surface area contributed by atoms with Gasteiger partial charge >= 0.3 is 12.1 Å². The van der Waals surface area contributed by atoms with E-state index < -0.39 is 23.4 Å². The number of ether oxygens (including phenoxy) is 1.